The molecule has 0 aromatic carbocycles. The number of H-pyrrole nitrogens is 1. The van der Waals surface area contributed by atoms with E-state index >= 15 is 0 Å². The molecule has 1 heterocycles. The van der Waals surface area contributed by atoms with Crippen molar-refractivity contribution in [3.63, 3.8) is 0 Å². The Morgan fingerprint density at radius 3 is 2.57 bits per heavy atom. The fraction of sp³-hybridized carbons (Fsp3) is 0.600. The first-order valence-corrected chi connectivity index (χ1v) is 4.88. The first kappa shape index (κ1) is 10.8. The Kier molecular flexibility index (Phi) is 3.28. The highest BCUT2D eigenvalue weighted by molar-refractivity contribution is 5.86. The molecule has 0 atom stereocenters. The van der Waals surface area contributed by atoms with Crippen molar-refractivity contribution in [3.05, 3.63) is 17.2 Å². The number of nitrogens with one attached hydrogen (secondary N) is 1. The van der Waals surface area contributed by atoms with Crippen molar-refractivity contribution >= 4 is 5.97 Å². The molecule has 0 aliphatic carbocycles. The van der Waals surface area contributed by atoms with E-state index in [1.165, 1.54) is 0 Å². The van der Waals surface area contributed by atoms with Crippen LogP contribution in [0.25, 0.3) is 0 Å². The number of carbonyl (C=O) groups is 1. The third-order valence-corrected chi connectivity index (χ3v) is 2.05. The van der Waals surface area contributed by atoms with Crippen LogP contribution in [0, 0.1) is 0 Å². The van der Waals surface area contributed by atoms with Gasteiger partial charge in [0.05, 0.1) is 5.69 Å². The van der Waals surface area contributed by atoms with E-state index in [9.17, 15) is 4.79 Å². The first-order valence-electron chi connectivity index (χ1n) is 4.88. The van der Waals surface area contributed by atoms with E-state index in [0.29, 0.717) is 0 Å². The minimum absolute atomic E-state index is 0.166. The summed E-state index contributed by atoms with van der Waals surface area (Å²) in [5.41, 5.74) is 0.893. The van der Waals surface area contributed by atoms with Crippen LogP contribution < -0.4 is 0 Å². The van der Waals surface area contributed by atoms with Gasteiger partial charge >= 0.3 is 5.97 Å². The maximum atomic E-state index is 10.9. The number of nitrogens with zero attached hydrogens (tertiary/aromatic N) is 1. The van der Waals surface area contributed by atoms with E-state index in [1.54, 1.807) is 0 Å². The Morgan fingerprint density at radius 1 is 1.57 bits per heavy atom. The summed E-state index contributed by atoms with van der Waals surface area (Å²) in [6.45, 7) is 5.95. The predicted molar refractivity (Wildman–Crippen MR) is 53.6 cm³/mol. The van der Waals surface area contributed by atoms with Gasteiger partial charge in [0.15, 0.2) is 5.69 Å². The Bertz CT molecular complexity index is 329. The zero-order valence-electron chi connectivity index (χ0n) is 8.79. The summed E-state index contributed by atoms with van der Waals surface area (Å²) >= 11 is 0. The number of carboxylic acids is 1. The average molecular weight is 196 g/mol. The van der Waals surface area contributed by atoms with Crippen molar-refractivity contribution in [3.8, 4) is 0 Å². The molecule has 4 nitrogen and oxygen atoms in total. The number of hydrogen-bond donors (Lipinski definition) is 2. The molecule has 0 unspecified atom stereocenters. The highest BCUT2D eigenvalue weighted by atomic mass is 16.4. The summed E-state index contributed by atoms with van der Waals surface area (Å²) in [5, 5.41) is 8.91. The summed E-state index contributed by atoms with van der Waals surface area (Å²) in [6, 6.07) is 0. The van der Waals surface area contributed by atoms with Gasteiger partial charge in [-0.15, -0.1) is 0 Å². The Balaban J connectivity index is 3.06. The summed E-state index contributed by atoms with van der Waals surface area (Å²) in [5.74, 6) is -0.0138. The summed E-state index contributed by atoms with van der Waals surface area (Å²) in [7, 11) is 0. The van der Waals surface area contributed by atoms with E-state index in [2.05, 4.69) is 9.97 Å². The predicted octanol–water partition coefficient (Wildman–Crippen LogP) is 2.18. The van der Waals surface area contributed by atoms with Gasteiger partial charge in [-0.2, -0.15) is 0 Å². The van der Waals surface area contributed by atoms with Crippen LogP contribution in [-0.2, 0) is 6.42 Å². The number of aromatic carboxylic acids is 1. The molecule has 0 spiro atoms. The summed E-state index contributed by atoms with van der Waals surface area (Å²) < 4.78 is 0. The van der Waals surface area contributed by atoms with Gasteiger partial charge in [-0.25, -0.2) is 9.78 Å². The van der Waals surface area contributed by atoms with Crippen LogP contribution in [0.5, 0.6) is 0 Å². The largest absolute Gasteiger partial charge is 0.476 e. The maximum Gasteiger partial charge on any atom is 0.356 e. The lowest BCUT2D eigenvalue weighted by Gasteiger charge is -2.01. The monoisotopic (exact) mass is 196 g/mol. The van der Waals surface area contributed by atoms with Crippen LogP contribution in [0.1, 0.15) is 55.1 Å². The third kappa shape index (κ3) is 2.13. The van der Waals surface area contributed by atoms with E-state index in [1.807, 2.05) is 20.8 Å². The van der Waals surface area contributed by atoms with Crippen LogP contribution in [0.2, 0.25) is 0 Å². The Morgan fingerprint density at radius 2 is 2.21 bits per heavy atom. The molecule has 78 valence electrons. The van der Waals surface area contributed by atoms with Gasteiger partial charge in [0, 0.05) is 6.42 Å². The minimum atomic E-state index is -0.952. The second kappa shape index (κ2) is 4.26. The quantitative estimate of drug-likeness (QED) is 0.775. The molecular formula is C10H16N2O2. The van der Waals surface area contributed by atoms with Gasteiger partial charge in [-0.05, 0) is 12.3 Å². The van der Waals surface area contributed by atoms with Crippen molar-refractivity contribution in [2.75, 3.05) is 0 Å². The lowest BCUT2D eigenvalue weighted by atomic mass is 10.1. The van der Waals surface area contributed by atoms with Crippen molar-refractivity contribution in [1.82, 2.24) is 9.97 Å². The Hall–Kier alpha value is -1.32. The number of rotatable bonds is 4. The zero-order valence-corrected chi connectivity index (χ0v) is 8.79. The zero-order chi connectivity index (χ0) is 10.7. The average Bonchev–Trinajstić information content (AvgIpc) is 2.49. The van der Waals surface area contributed by atoms with Gasteiger partial charge in [-0.3, -0.25) is 0 Å². The molecule has 0 saturated heterocycles. The molecule has 0 bridgehead atoms. The maximum absolute atomic E-state index is 10.9. The lowest BCUT2D eigenvalue weighted by molar-refractivity contribution is 0.0689. The minimum Gasteiger partial charge on any atom is -0.476 e. The highest BCUT2D eigenvalue weighted by Gasteiger charge is 2.18. The van der Waals surface area contributed by atoms with Crippen molar-refractivity contribution < 1.29 is 9.90 Å². The molecule has 1 aromatic heterocycles. The number of aromatic amines is 1. The van der Waals surface area contributed by atoms with Gasteiger partial charge < -0.3 is 10.1 Å². The number of hydrogen-bond acceptors (Lipinski definition) is 2. The summed E-state index contributed by atoms with van der Waals surface area (Å²) in [4.78, 5) is 18.0. The molecule has 2 N–H and O–H groups in total. The second-order valence-electron chi connectivity index (χ2n) is 3.66. The van der Waals surface area contributed by atoms with Crippen LogP contribution in [-0.4, -0.2) is 21.0 Å². The van der Waals surface area contributed by atoms with Gasteiger partial charge in [0.2, 0.25) is 0 Å². The van der Waals surface area contributed by atoms with Gasteiger partial charge in [0.25, 0.3) is 0 Å². The highest BCUT2D eigenvalue weighted by Crippen LogP contribution is 2.17. The topological polar surface area (TPSA) is 66.0 Å². The van der Waals surface area contributed by atoms with Crippen molar-refractivity contribution in [1.29, 1.82) is 0 Å². The van der Waals surface area contributed by atoms with E-state index in [-0.39, 0.29) is 11.6 Å². The molecule has 14 heavy (non-hydrogen) atoms. The number of imidazole rings is 1. The molecule has 0 radical (unpaired) electrons. The van der Waals surface area contributed by atoms with Crippen LogP contribution in [0.3, 0.4) is 0 Å². The smallest absolute Gasteiger partial charge is 0.356 e. The normalized spacial score (nSPS) is 10.9. The molecule has 4 heteroatoms. The second-order valence-corrected chi connectivity index (χ2v) is 3.66. The van der Waals surface area contributed by atoms with Gasteiger partial charge in [0.1, 0.15) is 5.82 Å². The van der Waals surface area contributed by atoms with Crippen LogP contribution >= 0.6 is 0 Å². The molecule has 0 fully saturated rings. The standard InChI is InChI=1S/C10H16N2O2/c1-4-5-7-11-8(6(2)3)9(12-7)10(13)14/h6H,4-5H2,1-3H3,(H,11,12)(H,13,14). The molecule has 0 aliphatic rings. The van der Waals surface area contributed by atoms with Crippen LogP contribution in [0.4, 0.5) is 0 Å². The lowest BCUT2D eigenvalue weighted by Crippen LogP contribution is -2.03. The Labute approximate surface area is 83.4 Å². The first-order chi connectivity index (χ1) is 6.56. The number of aromatic nitrogens is 2. The SMILES string of the molecule is CCCc1nc(C(=O)O)c(C(C)C)[nH]1. The molecule has 0 aliphatic heterocycles. The molecule has 1 aromatic rings. The molecule has 0 saturated carbocycles. The molecule has 0 amide bonds. The number of carboxylic acid groups (broad SMARTS) is 1. The molecular weight excluding hydrogens is 180 g/mol. The van der Waals surface area contributed by atoms with E-state index in [0.717, 1.165) is 24.4 Å². The van der Waals surface area contributed by atoms with Crippen molar-refractivity contribution in [2.45, 2.75) is 39.5 Å². The van der Waals surface area contributed by atoms with Crippen molar-refractivity contribution in [2.24, 2.45) is 0 Å². The molecule has 1 rings (SSSR count). The fourth-order valence-corrected chi connectivity index (χ4v) is 1.37. The summed E-state index contributed by atoms with van der Waals surface area (Å²) in [6.07, 6.45) is 1.76. The number of aryl methyl sites for hydroxylation is 1. The van der Waals surface area contributed by atoms with E-state index < -0.39 is 5.97 Å². The van der Waals surface area contributed by atoms with Gasteiger partial charge in [-0.1, -0.05) is 20.8 Å². The van der Waals surface area contributed by atoms with Crippen LogP contribution in [0.15, 0.2) is 0 Å². The third-order valence-electron chi connectivity index (χ3n) is 2.05. The fourth-order valence-electron chi connectivity index (χ4n) is 1.37. The van der Waals surface area contributed by atoms with E-state index in [4.69, 9.17) is 5.11 Å².